The lowest BCUT2D eigenvalue weighted by Gasteiger charge is -2.04. The molecule has 52 valence electrons. The van der Waals surface area contributed by atoms with E-state index in [-0.39, 0.29) is 0 Å². The van der Waals surface area contributed by atoms with Crippen molar-refractivity contribution in [3.8, 4) is 0 Å². The molecule has 0 aliphatic heterocycles. The van der Waals surface area contributed by atoms with Crippen molar-refractivity contribution >= 4 is 11.4 Å². The van der Waals surface area contributed by atoms with Gasteiger partial charge >= 0.3 is 0 Å². The van der Waals surface area contributed by atoms with Crippen molar-refractivity contribution in [3.05, 3.63) is 23.8 Å². The van der Waals surface area contributed by atoms with Gasteiger partial charge in [0.05, 0.1) is 11.4 Å². The van der Waals surface area contributed by atoms with Crippen LogP contribution in [-0.2, 0) is 0 Å². The van der Waals surface area contributed by atoms with Crippen LogP contribution in [0.5, 0.6) is 0 Å². The number of rotatable bonds is 1. The minimum Gasteiger partial charge on any atom is -0.299 e. The van der Waals surface area contributed by atoms with Crippen LogP contribution in [0.2, 0.25) is 0 Å². The highest BCUT2D eigenvalue weighted by Gasteiger charge is 2.03. The van der Waals surface area contributed by atoms with Gasteiger partial charge in [0.1, 0.15) is 0 Å². The molecule has 0 unspecified atom stereocenters. The zero-order chi connectivity index (χ0) is 7.56. The Morgan fingerprint density at radius 3 is 2.40 bits per heavy atom. The quantitative estimate of drug-likeness (QED) is 0.515. The van der Waals surface area contributed by atoms with Gasteiger partial charge in [-0.25, -0.2) is 0 Å². The summed E-state index contributed by atoms with van der Waals surface area (Å²) in [6.07, 6.45) is 6.23. The Balaban J connectivity index is 2.86. The van der Waals surface area contributed by atoms with Crippen LogP contribution in [0.25, 0.3) is 0 Å². The van der Waals surface area contributed by atoms with Crippen molar-refractivity contribution in [2.45, 2.75) is 13.3 Å². The van der Waals surface area contributed by atoms with Crippen molar-refractivity contribution in [2.24, 2.45) is 0 Å². The molecule has 0 saturated heterocycles. The Bertz CT molecular complexity index is 234. The van der Waals surface area contributed by atoms with Crippen LogP contribution in [0, 0.1) is 10.8 Å². The Morgan fingerprint density at radius 1 is 1.20 bits per heavy atom. The van der Waals surface area contributed by atoms with E-state index in [0.717, 1.165) is 12.0 Å². The van der Waals surface area contributed by atoms with E-state index < -0.39 is 0 Å². The molecule has 0 bridgehead atoms. The van der Waals surface area contributed by atoms with Gasteiger partial charge in [-0.1, -0.05) is 13.0 Å². The Labute approximate surface area is 60.3 Å². The SMILES string of the molecule is CCC1=CC(=N)C(=N)C=C1. The third-order valence-electron chi connectivity index (χ3n) is 1.49. The van der Waals surface area contributed by atoms with Gasteiger partial charge < -0.3 is 0 Å². The van der Waals surface area contributed by atoms with Crippen LogP contribution >= 0.6 is 0 Å². The fraction of sp³-hybridized carbons (Fsp3) is 0.250. The molecule has 10 heavy (non-hydrogen) atoms. The van der Waals surface area contributed by atoms with E-state index in [0.29, 0.717) is 11.4 Å². The molecule has 0 spiro atoms. The fourth-order valence-corrected chi connectivity index (χ4v) is 0.811. The second-order valence-electron chi connectivity index (χ2n) is 2.23. The van der Waals surface area contributed by atoms with Gasteiger partial charge in [0.2, 0.25) is 0 Å². The van der Waals surface area contributed by atoms with E-state index in [4.69, 9.17) is 10.8 Å². The lowest BCUT2D eigenvalue weighted by molar-refractivity contribution is 1.15. The molecule has 0 saturated carbocycles. The van der Waals surface area contributed by atoms with Gasteiger partial charge in [0.25, 0.3) is 0 Å². The maximum atomic E-state index is 7.28. The van der Waals surface area contributed by atoms with Crippen molar-refractivity contribution in [1.29, 1.82) is 10.8 Å². The summed E-state index contributed by atoms with van der Waals surface area (Å²) in [6.45, 7) is 2.04. The first-order valence-electron chi connectivity index (χ1n) is 3.30. The summed E-state index contributed by atoms with van der Waals surface area (Å²) < 4.78 is 0. The normalized spacial score (nSPS) is 17.5. The molecule has 1 rings (SSSR count). The van der Waals surface area contributed by atoms with Crippen LogP contribution in [0.15, 0.2) is 23.8 Å². The van der Waals surface area contributed by atoms with Gasteiger partial charge in [-0.2, -0.15) is 0 Å². The molecule has 0 heterocycles. The molecule has 0 aromatic carbocycles. The van der Waals surface area contributed by atoms with Gasteiger partial charge in [0, 0.05) is 0 Å². The number of nitrogens with one attached hydrogen (secondary N) is 2. The summed E-state index contributed by atoms with van der Waals surface area (Å²) in [5.74, 6) is 0. The van der Waals surface area contributed by atoms with Gasteiger partial charge in [-0.3, -0.25) is 10.8 Å². The molecule has 2 heteroatoms. The van der Waals surface area contributed by atoms with Crippen molar-refractivity contribution in [3.63, 3.8) is 0 Å². The van der Waals surface area contributed by atoms with Crippen LogP contribution < -0.4 is 0 Å². The molecule has 1 aliphatic carbocycles. The predicted molar refractivity (Wildman–Crippen MR) is 43.0 cm³/mol. The fourth-order valence-electron chi connectivity index (χ4n) is 0.811. The van der Waals surface area contributed by atoms with Crippen LogP contribution in [0.1, 0.15) is 13.3 Å². The summed E-state index contributed by atoms with van der Waals surface area (Å²) in [5, 5.41) is 14.5. The standard InChI is InChI=1S/C8H10N2/c1-2-6-3-4-7(9)8(10)5-6/h3-5,9-10H,2H2,1H3. The molecule has 0 atom stereocenters. The van der Waals surface area contributed by atoms with E-state index in [2.05, 4.69) is 0 Å². The number of allylic oxidation sites excluding steroid dienone is 4. The summed E-state index contributed by atoms with van der Waals surface area (Å²) >= 11 is 0. The van der Waals surface area contributed by atoms with Gasteiger partial charge in [-0.05, 0) is 24.1 Å². The van der Waals surface area contributed by atoms with E-state index in [1.54, 1.807) is 12.2 Å². The average Bonchev–Trinajstić information content (AvgIpc) is 1.95. The van der Waals surface area contributed by atoms with Crippen LogP contribution in [0.4, 0.5) is 0 Å². The maximum Gasteiger partial charge on any atom is 0.0791 e. The first-order valence-corrected chi connectivity index (χ1v) is 3.30. The number of hydrogen-bond acceptors (Lipinski definition) is 2. The van der Waals surface area contributed by atoms with E-state index >= 15 is 0 Å². The first-order chi connectivity index (χ1) is 4.74. The second-order valence-corrected chi connectivity index (χ2v) is 2.23. The summed E-state index contributed by atoms with van der Waals surface area (Å²) in [7, 11) is 0. The molecule has 0 aromatic heterocycles. The zero-order valence-corrected chi connectivity index (χ0v) is 5.94. The van der Waals surface area contributed by atoms with Crippen molar-refractivity contribution in [1.82, 2.24) is 0 Å². The lowest BCUT2D eigenvalue weighted by Crippen LogP contribution is -2.09. The smallest absolute Gasteiger partial charge is 0.0791 e. The molecule has 2 N–H and O–H groups in total. The molecule has 0 aromatic rings. The molecule has 2 nitrogen and oxygen atoms in total. The molecule has 0 amide bonds. The Hall–Kier alpha value is -1.18. The molecule has 1 aliphatic rings. The second kappa shape index (κ2) is 2.60. The molecular formula is C8H10N2. The predicted octanol–water partition coefficient (Wildman–Crippen LogP) is 1.93. The third kappa shape index (κ3) is 1.21. The maximum absolute atomic E-state index is 7.28. The Kier molecular flexibility index (Phi) is 1.81. The van der Waals surface area contributed by atoms with E-state index in [1.807, 2.05) is 13.0 Å². The lowest BCUT2D eigenvalue weighted by atomic mass is 10.0. The highest BCUT2D eigenvalue weighted by atomic mass is 14.5. The Morgan fingerprint density at radius 2 is 1.90 bits per heavy atom. The third-order valence-corrected chi connectivity index (χ3v) is 1.49. The highest BCUT2D eigenvalue weighted by molar-refractivity contribution is 6.49. The van der Waals surface area contributed by atoms with Gasteiger partial charge in [-0.15, -0.1) is 0 Å². The topological polar surface area (TPSA) is 47.7 Å². The zero-order valence-electron chi connectivity index (χ0n) is 5.94. The summed E-state index contributed by atoms with van der Waals surface area (Å²) in [5.41, 5.74) is 1.75. The first kappa shape index (κ1) is 6.93. The minimum atomic E-state index is 0.303. The average molecular weight is 134 g/mol. The van der Waals surface area contributed by atoms with Crippen LogP contribution in [-0.4, -0.2) is 11.4 Å². The van der Waals surface area contributed by atoms with Gasteiger partial charge in [0.15, 0.2) is 0 Å². The monoisotopic (exact) mass is 134 g/mol. The largest absolute Gasteiger partial charge is 0.299 e. The van der Waals surface area contributed by atoms with Crippen LogP contribution in [0.3, 0.4) is 0 Å². The summed E-state index contributed by atoms with van der Waals surface area (Å²) in [4.78, 5) is 0. The molecular weight excluding hydrogens is 124 g/mol. The highest BCUT2D eigenvalue weighted by Crippen LogP contribution is 2.07. The summed E-state index contributed by atoms with van der Waals surface area (Å²) in [6, 6.07) is 0. The molecule has 0 radical (unpaired) electrons. The van der Waals surface area contributed by atoms with E-state index in [9.17, 15) is 0 Å². The van der Waals surface area contributed by atoms with Crippen molar-refractivity contribution in [2.75, 3.05) is 0 Å². The number of hydrogen-bond donors (Lipinski definition) is 2. The van der Waals surface area contributed by atoms with Crippen molar-refractivity contribution < 1.29 is 0 Å². The van der Waals surface area contributed by atoms with E-state index in [1.165, 1.54) is 0 Å². The minimum absolute atomic E-state index is 0.303. The molecule has 0 fully saturated rings.